The number of allylic oxidation sites excluding steroid dienone is 1. The first-order valence-electron chi connectivity index (χ1n) is 4.96. The molecule has 2 heteroatoms. The lowest BCUT2D eigenvalue weighted by molar-refractivity contribution is 0.614. The van der Waals surface area contributed by atoms with Crippen molar-refractivity contribution >= 4 is 17.2 Å². The Bertz CT molecular complexity index is 340. The van der Waals surface area contributed by atoms with Crippen LogP contribution in [0.5, 0.6) is 0 Å². The van der Waals surface area contributed by atoms with E-state index >= 15 is 0 Å². The fraction of sp³-hybridized carbons (Fsp3) is 0.333. The summed E-state index contributed by atoms with van der Waals surface area (Å²) in [6.07, 6.45) is 5.42. The molecule has 1 aliphatic carbocycles. The third-order valence-electron chi connectivity index (χ3n) is 2.67. The summed E-state index contributed by atoms with van der Waals surface area (Å²) in [4.78, 5) is 0. The van der Waals surface area contributed by atoms with Gasteiger partial charge in [-0.05, 0) is 42.5 Å². The molecule has 2 rings (SSSR count). The second-order valence-corrected chi connectivity index (χ2v) is 4.21. The number of nitrogens with two attached hydrogens (primary N) is 1. The van der Waals surface area contributed by atoms with Crippen molar-refractivity contribution in [1.29, 1.82) is 0 Å². The summed E-state index contributed by atoms with van der Waals surface area (Å²) in [6, 6.07) is 8.38. The number of rotatable bonds is 1. The molecule has 74 valence electrons. The van der Waals surface area contributed by atoms with Gasteiger partial charge in [0.1, 0.15) is 0 Å². The molecule has 0 aliphatic heterocycles. The van der Waals surface area contributed by atoms with Crippen LogP contribution >= 0.6 is 11.6 Å². The Balaban J connectivity index is 2.19. The molecule has 1 unspecified atom stereocenters. The van der Waals surface area contributed by atoms with Crippen LogP contribution in [0.4, 0.5) is 0 Å². The van der Waals surface area contributed by atoms with E-state index in [0.717, 1.165) is 24.3 Å². The van der Waals surface area contributed by atoms with Crippen LogP contribution in [0, 0.1) is 0 Å². The summed E-state index contributed by atoms with van der Waals surface area (Å²) in [5, 5.41) is 0.793. The summed E-state index contributed by atoms with van der Waals surface area (Å²) in [7, 11) is 0. The highest BCUT2D eigenvalue weighted by molar-refractivity contribution is 6.30. The van der Waals surface area contributed by atoms with Crippen LogP contribution in [0.3, 0.4) is 0 Å². The van der Waals surface area contributed by atoms with Gasteiger partial charge in [0.15, 0.2) is 0 Å². The van der Waals surface area contributed by atoms with Crippen LogP contribution < -0.4 is 5.73 Å². The molecule has 0 heterocycles. The number of hydrogen-bond donors (Lipinski definition) is 1. The molecule has 1 aromatic rings. The van der Waals surface area contributed by atoms with Crippen molar-refractivity contribution in [2.45, 2.75) is 25.3 Å². The maximum Gasteiger partial charge on any atom is 0.0406 e. The van der Waals surface area contributed by atoms with Crippen LogP contribution in [-0.2, 0) is 0 Å². The minimum atomic E-state index is 0.353. The minimum Gasteiger partial charge on any atom is -0.327 e. The monoisotopic (exact) mass is 207 g/mol. The van der Waals surface area contributed by atoms with Crippen molar-refractivity contribution in [1.82, 2.24) is 0 Å². The highest BCUT2D eigenvalue weighted by Gasteiger charge is 2.11. The maximum absolute atomic E-state index is 5.83. The first kappa shape index (κ1) is 9.75. The Kier molecular flexibility index (Phi) is 2.90. The quantitative estimate of drug-likeness (QED) is 0.752. The number of hydrogen-bond acceptors (Lipinski definition) is 1. The third kappa shape index (κ3) is 2.17. The largest absolute Gasteiger partial charge is 0.327 e. The van der Waals surface area contributed by atoms with E-state index in [1.165, 1.54) is 11.1 Å². The Morgan fingerprint density at radius 3 is 2.50 bits per heavy atom. The predicted octanol–water partition coefficient (Wildman–Crippen LogP) is 3.23. The van der Waals surface area contributed by atoms with E-state index in [-0.39, 0.29) is 0 Å². The molecule has 1 nitrogen and oxygen atoms in total. The molecule has 0 fully saturated rings. The van der Waals surface area contributed by atoms with Crippen molar-refractivity contribution in [3.05, 3.63) is 40.9 Å². The second-order valence-electron chi connectivity index (χ2n) is 3.77. The molecule has 0 saturated heterocycles. The lowest BCUT2D eigenvalue weighted by Gasteiger charge is -2.18. The summed E-state index contributed by atoms with van der Waals surface area (Å²) in [6.45, 7) is 0. The van der Waals surface area contributed by atoms with Crippen molar-refractivity contribution < 1.29 is 0 Å². The van der Waals surface area contributed by atoms with Gasteiger partial charge in [-0.3, -0.25) is 0 Å². The van der Waals surface area contributed by atoms with Gasteiger partial charge in [0.25, 0.3) is 0 Å². The molecular weight excluding hydrogens is 194 g/mol. The fourth-order valence-corrected chi connectivity index (χ4v) is 1.91. The molecule has 1 atom stereocenters. The van der Waals surface area contributed by atoms with Gasteiger partial charge in [0.2, 0.25) is 0 Å². The molecule has 0 bridgehead atoms. The summed E-state index contributed by atoms with van der Waals surface area (Å²) in [5.41, 5.74) is 8.52. The van der Waals surface area contributed by atoms with Crippen molar-refractivity contribution in [2.75, 3.05) is 0 Å². The van der Waals surface area contributed by atoms with Gasteiger partial charge in [-0.15, -0.1) is 0 Å². The van der Waals surface area contributed by atoms with Crippen LogP contribution in [-0.4, -0.2) is 6.04 Å². The number of halogens is 1. The maximum atomic E-state index is 5.83. The van der Waals surface area contributed by atoms with E-state index < -0.39 is 0 Å². The average Bonchev–Trinajstić information content (AvgIpc) is 2.21. The van der Waals surface area contributed by atoms with E-state index in [1.54, 1.807) is 0 Å². The molecule has 14 heavy (non-hydrogen) atoms. The van der Waals surface area contributed by atoms with E-state index in [1.807, 2.05) is 12.1 Å². The zero-order valence-electron chi connectivity index (χ0n) is 8.04. The van der Waals surface area contributed by atoms with Crippen LogP contribution in [0.1, 0.15) is 24.8 Å². The van der Waals surface area contributed by atoms with E-state index in [2.05, 4.69) is 18.2 Å². The summed E-state index contributed by atoms with van der Waals surface area (Å²) < 4.78 is 0. The third-order valence-corrected chi connectivity index (χ3v) is 2.92. The fourth-order valence-electron chi connectivity index (χ4n) is 1.78. The van der Waals surface area contributed by atoms with Gasteiger partial charge in [0, 0.05) is 11.1 Å². The Hall–Kier alpha value is -0.790. The molecule has 0 aromatic heterocycles. The summed E-state index contributed by atoms with van der Waals surface area (Å²) >= 11 is 5.83. The van der Waals surface area contributed by atoms with Gasteiger partial charge in [-0.25, -0.2) is 0 Å². The highest BCUT2D eigenvalue weighted by atomic mass is 35.5. The normalized spacial score (nSPS) is 21.9. The predicted molar refractivity (Wildman–Crippen MR) is 61.3 cm³/mol. The van der Waals surface area contributed by atoms with Gasteiger partial charge < -0.3 is 5.73 Å². The molecule has 2 N–H and O–H groups in total. The van der Waals surface area contributed by atoms with Crippen LogP contribution in [0.2, 0.25) is 5.02 Å². The van der Waals surface area contributed by atoms with E-state index in [9.17, 15) is 0 Å². The Morgan fingerprint density at radius 2 is 1.93 bits per heavy atom. The zero-order valence-corrected chi connectivity index (χ0v) is 8.80. The van der Waals surface area contributed by atoms with Gasteiger partial charge in [-0.1, -0.05) is 29.8 Å². The first-order valence-corrected chi connectivity index (χ1v) is 5.34. The molecule has 0 saturated carbocycles. The molecule has 0 radical (unpaired) electrons. The number of benzene rings is 1. The SMILES string of the molecule is NC1CC=C(c2ccc(Cl)cc2)CC1. The van der Waals surface area contributed by atoms with Crippen LogP contribution in [0.15, 0.2) is 30.3 Å². The Morgan fingerprint density at radius 1 is 1.21 bits per heavy atom. The standard InChI is InChI=1S/C12H14ClN/c13-11-5-1-9(2-6-11)10-3-7-12(14)8-4-10/h1-3,5-6,12H,4,7-8,14H2. The lowest BCUT2D eigenvalue weighted by Crippen LogP contribution is -2.21. The lowest BCUT2D eigenvalue weighted by atomic mass is 9.91. The molecule has 1 aromatic carbocycles. The Labute approximate surface area is 89.6 Å². The minimum absolute atomic E-state index is 0.353. The van der Waals surface area contributed by atoms with Gasteiger partial charge in [-0.2, -0.15) is 0 Å². The van der Waals surface area contributed by atoms with Crippen LogP contribution in [0.25, 0.3) is 5.57 Å². The van der Waals surface area contributed by atoms with Gasteiger partial charge in [0.05, 0.1) is 0 Å². The highest BCUT2D eigenvalue weighted by Crippen LogP contribution is 2.26. The van der Waals surface area contributed by atoms with E-state index in [0.29, 0.717) is 6.04 Å². The topological polar surface area (TPSA) is 26.0 Å². The average molecular weight is 208 g/mol. The van der Waals surface area contributed by atoms with Crippen molar-refractivity contribution in [3.63, 3.8) is 0 Å². The molecule has 0 spiro atoms. The molecule has 0 amide bonds. The smallest absolute Gasteiger partial charge is 0.0406 e. The van der Waals surface area contributed by atoms with E-state index in [4.69, 9.17) is 17.3 Å². The molecule has 1 aliphatic rings. The van der Waals surface area contributed by atoms with Crippen molar-refractivity contribution in [3.8, 4) is 0 Å². The van der Waals surface area contributed by atoms with Gasteiger partial charge >= 0.3 is 0 Å². The first-order chi connectivity index (χ1) is 6.75. The van der Waals surface area contributed by atoms with Crippen molar-refractivity contribution in [2.24, 2.45) is 5.73 Å². The zero-order chi connectivity index (χ0) is 9.97. The second kappa shape index (κ2) is 4.16. The summed E-state index contributed by atoms with van der Waals surface area (Å²) in [5.74, 6) is 0. The molecular formula is C12H14ClN.